The molecule has 0 fully saturated rings. The van der Waals surface area contributed by atoms with Gasteiger partial charge in [0.15, 0.2) is 5.78 Å². The normalized spacial score (nSPS) is 17.9. The first kappa shape index (κ1) is 14.6. The van der Waals surface area contributed by atoms with Crippen LogP contribution in [-0.4, -0.2) is 32.2 Å². The molecule has 3 rings (SSSR count). The Bertz CT molecular complexity index is 726. The number of aromatic nitrogens is 4. The molecule has 1 atom stereocenters. The minimum absolute atomic E-state index is 0.000890. The number of rotatable bonds is 4. The van der Waals surface area contributed by atoms with Gasteiger partial charge in [-0.2, -0.15) is 10.2 Å². The number of allylic oxidation sites excluding steroid dienone is 1. The van der Waals surface area contributed by atoms with Gasteiger partial charge in [0.2, 0.25) is 10.3 Å². The van der Waals surface area contributed by atoms with Gasteiger partial charge in [-0.1, -0.05) is 17.4 Å². The van der Waals surface area contributed by atoms with Crippen LogP contribution in [-0.2, 0) is 0 Å². The Labute approximate surface area is 131 Å². The van der Waals surface area contributed by atoms with Crippen LogP contribution in [0.15, 0.2) is 18.3 Å². The fraction of sp³-hybridized carbons (Fsp3) is 0.357. The molecule has 0 amide bonds. The van der Waals surface area contributed by atoms with E-state index in [9.17, 15) is 4.79 Å². The molecule has 3 N–H and O–H groups in total. The molecule has 1 aliphatic carbocycles. The molecular formula is C14H16N6OS. The Kier molecular flexibility index (Phi) is 4.10. The van der Waals surface area contributed by atoms with E-state index < -0.39 is 0 Å². The second-order valence-corrected chi connectivity index (χ2v) is 6.19. The van der Waals surface area contributed by atoms with Gasteiger partial charge in [-0.25, -0.2) is 0 Å². The SMILES string of the molecule is CC(=O)c1cnnc(C2=CCC(Nc3nnc(N)s3)CC2)c1. The third-order valence-corrected chi connectivity index (χ3v) is 4.25. The van der Waals surface area contributed by atoms with Gasteiger partial charge in [0.05, 0.1) is 11.9 Å². The van der Waals surface area contributed by atoms with Crippen molar-refractivity contribution < 1.29 is 4.79 Å². The molecule has 0 aliphatic heterocycles. The van der Waals surface area contributed by atoms with E-state index in [4.69, 9.17) is 5.73 Å². The summed E-state index contributed by atoms with van der Waals surface area (Å²) in [5.74, 6) is 0.000890. The van der Waals surface area contributed by atoms with E-state index in [0.29, 0.717) is 16.7 Å². The number of ketones is 1. The van der Waals surface area contributed by atoms with E-state index in [1.807, 2.05) is 0 Å². The lowest BCUT2D eigenvalue weighted by atomic mass is 9.93. The molecule has 114 valence electrons. The van der Waals surface area contributed by atoms with Crippen molar-refractivity contribution in [3.63, 3.8) is 0 Å². The minimum atomic E-state index is 0.000890. The average molecular weight is 316 g/mol. The molecule has 7 nitrogen and oxygen atoms in total. The van der Waals surface area contributed by atoms with Crippen LogP contribution < -0.4 is 11.1 Å². The van der Waals surface area contributed by atoms with Gasteiger partial charge in [-0.15, -0.1) is 10.2 Å². The average Bonchev–Trinajstić information content (AvgIpc) is 2.93. The standard InChI is InChI=1S/C14H16N6OS/c1-8(21)10-6-12(18-16-7-10)9-2-4-11(5-3-9)17-14-20-19-13(15)22-14/h2,6-7,11H,3-5H2,1H3,(H2,15,19)(H,17,20). The predicted octanol–water partition coefficient (Wildman–Crippen LogP) is 2.16. The number of nitrogens with one attached hydrogen (secondary N) is 1. The molecule has 8 heteroatoms. The first-order valence-electron chi connectivity index (χ1n) is 7.00. The maximum atomic E-state index is 11.4. The first-order valence-corrected chi connectivity index (χ1v) is 7.82. The summed E-state index contributed by atoms with van der Waals surface area (Å²) in [6.45, 7) is 1.53. The highest BCUT2D eigenvalue weighted by molar-refractivity contribution is 7.18. The van der Waals surface area contributed by atoms with E-state index in [1.165, 1.54) is 24.5 Å². The smallest absolute Gasteiger partial charge is 0.207 e. The number of nitrogens with zero attached hydrogens (tertiary/aromatic N) is 4. The lowest BCUT2D eigenvalue weighted by Gasteiger charge is -2.22. The Morgan fingerprint density at radius 1 is 1.41 bits per heavy atom. The highest BCUT2D eigenvalue weighted by atomic mass is 32.1. The Morgan fingerprint density at radius 3 is 2.91 bits per heavy atom. The molecule has 0 saturated carbocycles. The Hall–Kier alpha value is -2.35. The summed E-state index contributed by atoms with van der Waals surface area (Å²) >= 11 is 1.35. The molecule has 2 aromatic rings. The molecule has 0 aromatic carbocycles. The summed E-state index contributed by atoms with van der Waals surface area (Å²) in [4.78, 5) is 11.4. The van der Waals surface area contributed by atoms with Crippen LogP contribution in [0.5, 0.6) is 0 Å². The highest BCUT2D eigenvalue weighted by Gasteiger charge is 2.18. The van der Waals surface area contributed by atoms with Gasteiger partial charge in [0.1, 0.15) is 0 Å². The van der Waals surface area contributed by atoms with E-state index in [1.54, 1.807) is 6.07 Å². The lowest BCUT2D eigenvalue weighted by molar-refractivity contribution is 0.101. The number of nitrogen functional groups attached to an aromatic ring is 1. The molecule has 0 spiro atoms. The molecule has 0 saturated heterocycles. The second kappa shape index (κ2) is 6.18. The van der Waals surface area contributed by atoms with Crippen LogP contribution in [0.4, 0.5) is 10.3 Å². The molecule has 22 heavy (non-hydrogen) atoms. The van der Waals surface area contributed by atoms with Crippen molar-refractivity contribution in [2.24, 2.45) is 0 Å². The molecule has 2 heterocycles. The van der Waals surface area contributed by atoms with Crippen LogP contribution in [0.1, 0.15) is 42.2 Å². The molecular weight excluding hydrogens is 300 g/mol. The second-order valence-electron chi connectivity index (χ2n) is 5.18. The zero-order valence-corrected chi connectivity index (χ0v) is 12.9. The number of carbonyl (C=O) groups excluding carboxylic acids is 1. The number of Topliss-reactive ketones (excluding diaryl/α,β-unsaturated/α-hetero) is 1. The van der Waals surface area contributed by atoms with Crippen LogP contribution in [0.25, 0.3) is 5.57 Å². The fourth-order valence-corrected chi connectivity index (χ4v) is 2.97. The Balaban J connectivity index is 1.68. The molecule has 1 aliphatic rings. The summed E-state index contributed by atoms with van der Waals surface area (Å²) in [5, 5.41) is 20.3. The number of hydrogen-bond donors (Lipinski definition) is 2. The highest BCUT2D eigenvalue weighted by Crippen LogP contribution is 2.28. The van der Waals surface area contributed by atoms with E-state index >= 15 is 0 Å². The zero-order valence-electron chi connectivity index (χ0n) is 12.1. The summed E-state index contributed by atoms with van der Waals surface area (Å²) in [7, 11) is 0. The maximum Gasteiger partial charge on any atom is 0.207 e. The van der Waals surface area contributed by atoms with Crippen LogP contribution >= 0.6 is 11.3 Å². The van der Waals surface area contributed by atoms with Crippen LogP contribution in [0.3, 0.4) is 0 Å². The van der Waals surface area contributed by atoms with Gasteiger partial charge in [0.25, 0.3) is 0 Å². The minimum Gasteiger partial charge on any atom is -0.374 e. The van der Waals surface area contributed by atoms with E-state index in [-0.39, 0.29) is 5.78 Å². The summed E-state index contributed by atoms with van der Waals surface area (Å²) in [5.41, 5.74) is 8.08. The fourth-order valence-electron chi connectivity index (χ4n) is 2.38. The van der Waals surface area contributed by atoms with Gasteiger partial charge < -0.3 is 11.1 Å². The summed E-state index contributed by atoms with van der Waals surface area (Å²) in [6.07, 6.45) is 6.33. The van der Waals surface area contributed by atoms with Crippen molar-refractivity contribution in [3.8, 4) is 0 Å². The van der Waals surface area contributed by atoms with Gasteiger partial charge in [-0.05, 0) is 37.8 Å². The monoisotopic (exact) mass is 316 g/mol. The summed E-state index contributed by atoms with van der Waals surface area (Å²) < 4.78 is 0. The number of carbonyl (C=O) groups is 1. The van der Waals surface area contributed by atoms with E-state index in [0.717, 1.165) is 35.7 Å². The molecule has 1 unspecified atom stereocenters. The number of nitrogens with two attached hydrogens (primary N) is 1. The summed E-state index contributed by atoms with van der Waals surface area (Å²) in [6, 6.07) is 2.11. The third kappa shape index (κ3) is 3.28. The molecule has 0 radical (unpaired) electrons. The van der Waals surface area contributed by atoms with Crippen molar-refractivity contribution in [1.29, 1.82) is 0 Å². The van der Waals surface area contributed by atoms with Gasteiger partial charge in [-0.3, -0.25) is 4.79 Å². The van der Waals surface area contributed by atoms with Crippen LogP contribution in [0.2, 0.25) is 0 Å². The predicted molar refractivity (Wildman–Crippen MR) is 85.6 cm³/mol. The number of anilines is 2. The van der Waals surface area contributed by atoms with Crippen molar-refractivity contribution in [2.75, 3.05) is 11.1 Å². The van der Waals surface area contributed by atoms with Crippen molar-refractivity contribution >= 4 is 33.0 Å². The van der Waals surface area contributed by atoms with Crippen molar-refractivity contribution in [2.45, 2.75) is 32.2 Å². The maximum absolute atomic E-state index is 11.4. The van der Waals surface area contributed by atoms with E-state index in [2.05, 4.69) is 31.8 Å². The Morgan fingerprint density at radius 2 is 2.27 bits per heavy atom. The molecule has 0 bridgehead atoms. The first-order chi connectivity index (χ1) is 10.6. The topological polar surface area (TPSA) is 107 Å². The largest absolute Gasteiger partial charge is 0.374 e. The van der Waals surface area contributed by atoms with Gasteiger partial charge in [0, 0.05) is 11.6 Å². The third-order valence-electron chi connectivity index (χ3n) is 3.57. The van der Waals surface area contributed by atoms with Gasteiger partial charge >= 0.3 is 0 Å². The molecule has 2 aromatic heterocycles. The van der Waals surface area contributed by atoms with Crippen molar-refractivity contribution in [3.05, 3.63) is 29.6 Å². The number of hydrogen-bond acceptors (Lipinski definition) is 8. The quantitative estimate of drug-likeness (QED) is 0.832. The lowest BCUT2D eigenvalue weighted by Crippen LogP contribution is -2.21. The zero-order chi connectivity index (χ0) is 15.5. The van der Waals surface area contributed by atoms with Crippen LogP contribution in [0, 0.1) is 0 Å². The van der Waals surface area contributed by atoms with Crippen molar-refractivity contribution in [1.82, 2.24) is 20.4 Å².